The molecular weight excluding hydrogens is 268 g/mol. The molecule has 114 valence electrons. The number of hydrogen-bond acceptors (Lipinski definition) is 7. The van der Waals surface area contributed by atoms with Crippen molar-refractivity contribution in [2.24, 2.45) is 5.92 Å². The van der Waals surface area contributed by atoms with Crippen LogP contribution in [0.1, 0.15) is 34.1 Å². The highest BCUT2D eigenvalue weighted by Gasteiger charge is 2.55. The van der Waals surface area contributed by atoms with Gasteiger partial charge >= 0.3 is 17.9 Å². The van der Waals surface area contributed by atoms with Gasteiger partial charge in [-0.3, -0.25) is 14.4 Å². The van der Waals surface area contributed by atoms with Crippen LogP contribution in [0.3, 0.4) is 0 Å². The molecule has 7 heteroatoms. The highest BCUT2D eigenvalue weighted by atomic mass is 16.6. The molecule has 0 aromatic rings. The smallest absolute Gasteiger partial charge is 0.303 e. The molecule has 1 N–H and O–H groups in total. The van der Waals surface area contributed by atoms with Crippen molar-refractivity contribution in [2.75, 3.05) is 6.61 Å². The zero-order valence-corrected chi connectivity index (χ0v) is 12.0. The van der Waals surface area contributed by atoms with Gasteiger partial charge in [0.05, 0.1) is 6.61 Å². The fourth-order valence-electron chi connectivity index (χ4n) is 2.40. The van der Waals surface area contributed by atoms with Crippen LogP contribution in [0.15, 0.2) is 0 Å². The van der Waals surface area contributed by atoms with Gasteiger partial charge < -0.3 is 19.3 Å². The van der Waals surface area contributed by atoms with Crippen LogP contribution >= 0.6 is 0 Å². The van der Waals surface area contributed by atoms with E-state index < -0.39 is 41.6 Å². The van der Waals surface area contributed by atoms with Crippen LogP contribution in [-0.4, -0.2) is 47.4 Å². The maximum absolute atomic E-state index is 11.1. The highest BCUT2D eigenvalue weighted by molar-refractivity contribution is 5.68. The molecule has 0 heterocycles. The molecule has 1 aliphatic rings. The molecule has 0 aliphatic heterocycles. The first-order valence-electron chi connectivity index (χ1n) is 6.34. The number of aliphatic hydroxyl groups is 1. The van der Waals surface area contributed by atoms with Crippen molar-refractivity contribution in [3.8, 4) is 0 Å². The molecule has 0 aromatic carbocycles. The molecule has 0 radical (unpaired) electrons. The molecule has 0 spiro atoms. The van der Waals surface area contributed by atoms with Crippen LogP contribution in [-0.2, 0) is 28.6 Å². The number of carbonyl (C=O) groups excluding carboxylic acids is 3. The average molecular weight is 288 g/mol. The van der Waals surface area contributed by atoms with Gasteiger partial charge in [-0.05, 0) is 13.3 Å². The van der Waals surface area contributed by atoms with E-state index in [9.17, 15) is 19.5 Å². The topological polar surface area (TPSA) is 99.1 Å². The largest absolute Gasteiger partial charge is 0.465 e. The summed E-state index contributed by atoms with van der Waals surface area (Å²) in [6.07, 6.45) is -1.49. The Bertz CT molecular complexity index is 402. The third-order valence-corrected chi connectivity index (χ3v) is 3.36. The Morgan fingerprint density at radius 3 is 2.10 bits per heavy atom. The van der Waals surface area contributed by atoms with E-state index >= 15 is 0 Å². The van der Waals surface area contributed by atoms with E-state index in [4.69, 9.17) is 14.2 Å². The molecule has 0 amide bonds. The SMILES string of the molecule is CC(=O)OC[C@H]1C[C@@H](OC(C)=O)[C@@H](OC(C)=O)[C@]1(C)O. The summed E-state index contributed by atoms with van der Waals surface area (Å²) < 4.78 is 15.0. The first kappa shape index (κ1) is 16.4. The van der Waals surface area contributed by atoms with Crippen molar-refractivity contribution < 1.29 is 33.7 Å². The van der Waals surface area contributed by atoms with E-state index in [1.165, 1.54) is 27.7 Å². The molecule has 1 rings (SSSR count). The van der Waals surface area contributed by atoms with Gasteiger partial charge in [0.25, 0.3) is 0 Å². The standard InChI is InChI=1S/C13H20O7/c1-7(14)18-6-10-5-11(19-8(2)15)12(13(10,4)17)20-9(3)16/h10-12,17H,5-6H2,1-4H3/t10-,11-,12-,13-/m1/s1. The third-order valence-electron chi connectivity index (χ3n) is 3.36. The first-order chi connectivity index (χ1) is 9.14. The molecule has 0 unspecified atom stereocenters. The normalized spacial score (nSPS) is 32.5. The van der Waals surface area contributed by atoms with Crippen molar-refractivity contribution in [2.45, 2.75) is 51.9 Å². The summed E-state index contributed by atoms with van der Waals surface area (Å²) >= 11 is 0. The minimum Gasteiger partial charge on any atom is -0.465 e. The summed E-state index contributed by atoms with van der Waals surface area (Å²) in [4.78, 5) is 33.1. The number of esters is 3. The van der Waals surface area contributed by atoms with Gasteiger partial charge in [0, 0.05) is 26.7 Å². The lowest BCUT2D eigenvalue weighted by atomic mass is 9.92. The predicted octanol–water partition coefficient (Wildman–Crippen LogP) is 0.184. The first-order valence-corrected chi connectivity index (χ1v) is 6.34. The van der Waals surface area contributed by atoms with Crippen LogP contribution < -0.4 is 0 Å². The van der Waals surface area contributed by atoms with Crippen LogP contribution in [0.2, 0.25) is 0 Å². The molecule has 0 saturated heterocycles. The van der Waals surface area contributed by atoms with Crippen molar-refractivity contribution >= 4 is 17.9 Å². The van der Waals surface area contributed by atoms with Crippen LogP contribution in [0.4, 0.5) is 0 Å². The summed E-state index contributed by atoms with van der Waals surface area (Å²) in [6, 6.07) is 0. The number of carbonyl (C=O) groups is 3. The molecule has 1 aliphatic carbocycles. The van der Waals surface area contributed by atoms with Crippen LogP contribution in [0.5, 0.6) is 0 Å². The van der Waals surface area contributed by atoms with Crippen molar-refractivity contribution in [3.05, 3.63) is 0 Å². The highest BCUT2D eigenvalue weighted by Crippen LogP contribution is 2.39. The summed E-state index contributed by atoms with van der Waals surface area (Å²) in [5, 5.41) is 10.5. The summed E-state index contributed by atoms with van der Waals surface area (Å²) in [7, 11) is 0. The second kappa shape index (κ2) is 6.21. The van der Waals surface area contributed by atoms with Gasteiger partial charge in [-0.2, -0.15) is 0 Å². The fraction of sp³-hybridized carbons (Fsp3) is 0.769. The van der Waals surface area contributed by atoms with Gasteiger partial charge in [0.1, 0.15) is 11.7 Å². The summed E-state index contributed by atoms with van der Waals surface area (Å²) in [5.74, 6) is -2.07. The lowest BCUT2D eigenvalue weighted by Crippen LogP contribution is -2.47. The number of rotatable bonds is 4. The average Bonchev–Trinajstić information content (AvgIpc) is 2.48. The second-order valence-electron chi connectivity index (χ2n) is 5.14. The molecule has 0 aromatic heterocycles. The number of ether oxygens (including phenoxy) is 3. The van der Waals surface area contributed by atoms with E-state index in [1.54, 1.807) is 0 Å². The van der Waals surface area contributed by atoms with Crippen molar-refractivity contribution in [3.63, 3.8) is 0 Å². The molecule has 7 nitrogen and oxygen atoms in total. The zero-order chi connectivity index (χ0) is 15.5. The van der Waals surface area contributed by atoms with E-state index in [2.05, 4.69) is 0 Å². The van der Waals surface area contributed by atoms with E-state index in [0.29, 0.717) is 0 Å². The minimum absolute atomic E-state index is 0.0299. The lowest BCUT2D eigenvalue weighted by molar-refractivity contribution is -0.178. The van der Waals surface area contributed by atoms with Gasteiger partial charge in [-0.15, -0.1) is 0 Å². The molecule has 20 heavy (non-hydrogen) atoms. The monoisotopic (exact) mass is 288 g/mol. The zero-order valence-electron chi connectivity index (χ0n) is 12.0. The fourth-order valence-corrected chi connectivity index (χ4v) is 2.40. The van der Waals surface area contributed by atoms with Gasteiger partial charge in [0.2, 0.25) is 0 Å². The summed E-state index contributed by atoms with van der Waals surface area (Å²) in [5.41, 5.74) is -1.44. The van der Waals surface area contributed by atoms with Crippen molar-refractivity contribution in [1.82, 2.24) is 0 Å². The Morgan fingerprint density at radius 1 is 1.10 bits per heavy atom. The van der Waals surface area contributed by atoms with E-state index in [1.807, 2.05) is 0 Å². The molecule has 1 saturated carbocycles. The summed E-state index contributed by atoms with van der Waals surface area (Å²) in [6.45, 7) is 5.14. The molecule has 4 atom stereocenters. The van der Waals surface area contributed by atoms with E-state index in [0.717, 1.165) is 0 Å². The maximum Gasteiger partial charge on any atom is 0.303 e. The lowest BCUT2D eigenvalue weighted by Gasteiger charge is -2.31. The van der Waals surface area contributed by atoms with Gasteiger partial charge in [-0.1, -0.05) is 0 Å². The molecule has 1 fully saturated rings. The van der Waals surface area contributed by atoms with Crippen LogP contribution in [0.25, 0.3) is 0 Å². The molecule has 0 bridgehead atoms. The van der Waals surface area contributed by atoms with E-state index in [-0.39, 0.29) is 13.0 Å². The maximum atomic E-state index is 11.1. The Labute approximate surface area is 117 Å². The Kier molecular flexibility index (Phi) is 5.10. The third kappa shape index (κ3) is 3.93. The predicted molar refractivity (Wildman–Crippen MR) is 66.5 cm³/mol. The van der Waals surface area contributed by atoms with Crippen LogP contribution in [0, 0.1) is 5.92 Å². The Balaban J connectivity index is 2.87. The Morgan fingerprint density at radius 2 is 1.65 bits per heavy atom. The second-order valence-corrected chi connectivity index (χ2v) is 5.14. The Hall–Kier alpha value is -1.63. The molecular formula is C13H20O7. The number of hydrogen-bond donors (Lipinski definition) is 1. The van der Waals surface area contributed by atoms with Gasteiger partial charge in [0.15, 0.2) is 6.10 Å². The minimum atomic E-state index is -1.44. The van der Waals surface area contributed by atoms with Crippen molar-refractivity contribution in [1.29, 1.82) is 0 Å². The van der Waals surface area contributed by atoms with Gasteiger partial charge in [-0.25, -0.2) is 0 Å². The quantitative estimate of drug-likeness (QED) is 0.582.